The van der Waals surface area contributed by atoms with Crippen molar-refractivity contribution in [1.82, 2.24) is 5.32 Å². The van der Waals surface area contributed by atoms with Crippen LogP contribution in [0.25, 0.3) is 10.1 Å². The Kier molecular flexibility index (Phi) is 4.16. The Labute approximate surface area is 119 Å². The normalized spacial score (nSPS) is 12.1. The van der Waals surface area contributed by atoms with E-state index in [9.17, 15) is 0 Å². The van der Waals surface area contributed by atoms with Gasteiger partial charge in [-0.15, -0.1) is 11.3 Å². The van der Waals surface area contributed by atoms with E-state index in [-0.39, 0.29) is 5.41 Å². The first kappa shape index (κ1) is 14.4. The molecule has 19 heavy (non-hydrogen) atoms. The molecule has 3 heteroatoms. The molecule has 2 rings (SSSR count). The fourth-order valence-electron chi connectivity index (χ4n) is 2.49. The predicted molar refractivity (Wildman–Crippen MR) is 84.5 cm³/mol. The summed E-state index contributed by atoms with van der Waals surface area (Å²) in [6.07, 6.45) is 0. The van der Waals surface area contributed by atoms with E-state index in [0.717, 1.165) is 18.8 Å². The molecule has 0 saturated heterocycles. The van der Waals surface area contributed by atoms with Crippen LogP contribution in [-0.2, 0) is 12.0 Å². The van der Waals surface area contributed by atoms with E-state index in [1.54, 1.807) is 7.11 Å². The number of nitrogens with one attached hydrogen (secondary N) is 1. The summed E-state index contributed by atoms with van der Waals surface area (Å²) >= 11 is 1.85. The molecule has 0 saturated carbocycles. The van der Waals surface area contributed by atoms with E-state index >= 15 is 0 Å². The van der Waals surface area contributed by atoms with Crippen LogP contribution in [0.4, 0.5) is 0 Å². The van der Waals surface area contributed by atoms with E-state index in [0.29, 0.717) is 0 Å². The first-order chi connectivity index (χ1) is 8.99. The van der Waals surface area contributed by atoms with Crippen molar-refractivity contribution in [3.63, 3.8) is 0 Å². The van der Waals surface area contributed by atoms with Crippen LogP contribution >= 0.6 is 11.3 Å². The maximum Gasteiger partial charge on any atom is 0.136 e. The van der Waals surface area contributed by atoms with Gasteiger partial charge in [-0.25, -0.2) is 0 Å². The van der Waals surface area contributed by atoms with E-state index in [4.69, 9.17) is 4.74 Å². The zero-order valence-corrected chi connectivity index (χ0v) is 13.3. The Bertz CT molecular complexity index is 566. The minimum atomic E-state index is 0.148. The molecule has 2 aromatic rings. The Morgan fingerprint density at radius 2 is 2.00 bits per heavy atom. The maximum absolute atomic E-state index is 5.50. The molecule has 0 spiro atoms. The minimum absolute atomic E-state index is 0.148. The summed E-state index contributed by atoms with van der Waals surface area (Å²) in [6, 6.07) is 6.34. The highest BCUT2D eigenvalue weighted by atomic mass is 32.1. The summed E-state index contributed by atoms with van der Waals surface area (Å²) in [5.41, 5.74) is 1.60. The van der Waals surface area contributed by atoms with Crippen molar-refractivity contribution < 1.29 is 4.74 Å². The second-order valence-corrected chi connectivity index (χ2v) is 6.87. The largest absolute Gasteiger partial charge is 0.495 e. The van der Waals surface area contributed by atoms with Gasteiger partial charge in [-0.1, -0.05) is 39.8 Å². The Balaban J connectivity index is 2.66. The van der Waals surface area contributed by atoms with Crippen molar-refractivity contribution in [3.8, 4) is 5.75 Å². The molecule has 1 N–H and O–H groups in total. The van der Waals surface area contributed by atoms with Gasteiger partial charge in [-0.2, -0.15) is 0 Å². The summed E-state index contributed by atoms with van der Waals surface area (Å²) in [5.74, 6) is 0.982. The van der Waals surface area contributed by atoms with Gasteiger partial charge in [0.1, 0.15) is 5.75 Å². The van der Waals surface area contributed by atoms with Gasteiger partial charge >= 0.3 is 0 Å². The number of rotatable bonds is 4. The second kappa shape index (κ2) is 5.51. The van der Waals surface area contributed by atoms with Crippen molar-refractivity contribution in [3.05, 3.63) is 28.6 Å². The van der Waals surface area contributed by atoms with Crippen molar-refractivity contribution in [2.75, 3.05) is 13.7 Å². The summed E-state index contributed by atoms with van der Waals surface area (Å²) in [7, 11) is 1.75. The first-order valence-electron chi connectivity index (χ1n) is 6.78. The number of hydrogen-bond donors (Lipinski definition) is 1. The first-order valence-corrected chi connectivity index (χ1v) is 7.60. The third-order valence-electron chi connectivity index (χ3n) is 3.26. The second-order valence-electron chi connectivity index (χ2n) is 5.77. The van der Waals surface area contributed by atoms with Crippen LogP contribution in [0.2, 0.25) is 0 Å². The molecule has 0 bridgehead atoms. The molecular formula is C16H23NOS. The number of methoxy groups -OCH3 is 1. The summed E-state index contributed by atoms with van der Waals surface area (Å²) in [4.78, 5) is 1.42. The van der Waals surface area contributed by atoms with Crippen molar-refractivity contribution in [2.45, 2.75) is 39.7 Å². The molecule has 0 atom stereocenters. The van der Waals surface area contributed by atoms with Gasteiger partial charge in [0.15, 0.2) is 0 Å². The number of fused-ring (bicyclic) bond motifs is 1. The molecule has 1 aromatic carbocycles. The highest BCUT2D eigenvalue weighted by Crippen LogP contribution is 2.42. The molecule has 0 amide bonds. The standard InChI is InChI=1S/C16H23NOS/c1-6-17-10-13-14(16(2,3)4)11-8-7-9-12(18-5)15(11)19-13/h7-9,17H,6,10H2,1-5H3. The molecule has 0 unspecified atom stereocenters. The Morgan fingerprint density at radius 1 is 1.26 bits per heavy atom. The summed E-state index contributed by atoms with van der Waals surface area (Å²) in [5, 5.41) is 4.78. The lowest BCUT2D eigenvalue weighted by Crippen LogP contribution is -2.17. The molecule has 1 aromatic heterocycles. The number of benzene rings is 1. The third kappa shape index (κ3) is 2.77. The lowest BCUT2D eigenvalue weighted by molar-refractivity contribution is 0.420. The van der Waals surface area contributed by atoms with Gasteiger partial charge in [0, 0.05) is 16.8 Å². The van der Waals surface area contributed by atoms with Gasteiger partial charge in [0.25, 0.3) is 0 Å². The molecule has 0 aliphatic carbocycles. The van der Waals surface area contributed by atoms with Crippen molar-refractivity contribution >= 4 is 21.4 Å². The fraction of sp³-hybridized carbons (Fsp3) is 0.500. The van der Waals surface area contributed by atoms with Crippen LogP contribution in [0.15, 0.2) is 18.2 Å². The van der Waals surface area contributed by atoms with Crippen LogP contribution in [0, 0.1) is 0 Å². The molecule has 2 nitrogen and oxygen atoms in total. The lowest BCUT2D eigenvalue weighted by Gasteiger charge is -2.20. The number of thiophene rings is 1. The molecular weight excluding hydrogens is 254 g/mol. The zero-order chi connectivity index (χ0) is 14.0. The average Bonchev–Trinajstić information content (AvgIpc) is 2.73. The van der Waals surface area contributed by atoms with Crippen LogP contribution in [0.1, 0.15) is 38.1 Å². The highest BCUT2D eigenvalue weighted by Gasteiger charge is 2.24. The number of hydrogen-bond acceptors (Lipinski definition) is 3. The summed E-state index contributed by atoms with van der Waals surface area (Å²) in [6.45, 7) is 10.9. The van der Waals surface area contributed by atoms with Gasteiger partial charge in [-0.05, 0) is 23.6 Å². The van der Waals surface area contributed by atoms with Crippen LogP contribution in [0.5, 0.6) is 5.75 Å². The SMILES string of the molecule is CCNCc1sc2c(OC)cccc2c1C(C)(C)C. The molecule has 104 valence electrons. The summed E-state index contributed by atoms with van der Waals surface area (Å²) < 4.78 is 6.77. The Hall–Kier alpha value is -1.06. The van der Waals surface area contributed by atoms with Crippen molar-refractivity contribution in [1.29, 1.82) is 0 Å². The molecule has 1 heterocycles. The van der Waals surface area contributed by atoms with E-state index in [1.165, 1.54) is 20.5 Å². The Morgan fingerprint density at radius 3 is 2.58 bits per heavy atom. The van der Waals surface area contributed by atoms with Crippen LogP contribution in [-0.4, -0.2) is 13.7 Å². The third-order valence-corrected chi connectivity index (χ3v) is 4.48. The predicted octanol–water partition coefficient (Wildman–Crippen LogP) is 4.32. The zero-order valence-electron chi connectivity index (χ0n) is 12.5. The van der Waals surface area contributed by atoms with Gasteiger partial charge in [-0.3, -0.25) is 0 Å². The smallest absolute Gasteiger partial charge is 0.136 e. The molecule has 0 aliphatic rings. The lowest BCUT2D eigenvalue weighted by atomic mass is 9.85. The monoisotopic (exact) mass is 277 g/mol. The average molecular weight is 277 g/mol. The van der Waals surface area contributed by atoms with Crippen LogP contribution in [0.3, 0.4) is 0 Å². The molecule has 0 aliphatic heterocycles. The van der Waals surface area contributed by atoms with Crippen LogP contribution < -0.4 is 10.1 Å². The maximum atomic E-state index is 5.50. The molecule has 0 fully saturated rings. The fourth-order valence-corrected chi connectivity index (χ4v) is 3.96. The minimum Gasteiger partial charge on any atom is -0.495 e. The van der Waals surface area contributed by atoms with E-state index < -0.39 is 0 Å². The molecule has 0 radical (unpaired) electrons. The van der Waals surface area contributed by atoms with Gasteiger partial charge < -0.3 is 10.1 Å². The van der Waals surface area contributed by atoms with Gasteiger partial charge in [0.05, 0.1) is 11.8 Å². The topological polar surface area (TPSA) is 21.3 Å². The highest BCUT2D eigenvalue weighted by molar-refractivity contribution is 7.19. The van der Waals surface area contributed by atoms with Gasteiger partial charge in [0.2, 0.25) is 0 Å². The quantitative estimate of drug-likeness (QED) is 0.898. The van der Waals surface area contributed by atoms with E-state index in [2.05, 4.69) is 45.1 Å². The van der Waals surface area contributed by atoms with Crippen molar-refractivity contribution in [2.24, 2.45) is 0 Å². The number of ether oxygens (including phenoxy) is 1. The van der Waals surface area contributed by atoms with E-state index in [1.807, 2.05) is 17.4 Å².